The summed E-state index contributed by atoms with van der Waals surface area (Å²) in [5.41, 5.74) is 0.681. The molecule has 1 amide bonds. The molecule has 0 spiro atoms. The summed E-state index contributed by atoms with van der Waals surface area (Å²) in [7, 11) is 1.53. The van der Waals surface area contributed by atoms with Gasteiger partial charge in [0.1, 0.15) is 6.61 Å². The third-order valence-electron chi connectivity index (χ3n) is 4.10. The fourth-order valence-corrected chi connectivity index (χ4v) is 2.24. The molecule has 0 heterocycles. The summed E-state index contributed by atoms with van der Waals surface area (Å²) in [5, 5.41) is 2.89. The fourth-order valence-electron chi connectivity index (χ4n) is 2.24. The van der Waals surface area contributed by atoms with E-state index in [0.29, 0.717) is 16.7 Å². The maximum Gasteiger partial charge on any atom is 0.245 e. The van der Waals surface area contributed by atoms with E-state index in [1.54, 1.807) is 0 Å². The van der Waals surface area contributed by atoms with Crippen LogP contribution in [0.3, 0.4) is 0 Å². The number of hydrogen-bond donors (Lipinski definition) is 1. The van der Waals surface area contributed by atoms with Crippen molar-refractivity contribution in [2.24, 2.45) is 16.7 Å². The van der Waals surface area contributed by atoms with E-state index >= 15 is 0 Å². The number of methoxy groups -OCH3 is 1. The van der Waals surface area contributed by atoms with Crippen LogP contribution in [0.4, 0.5) is 0 Å². The molecule has 1 fully saturated rings. The first-order valence-corrected chi connectivity index (χ1v) is 5.09. The Morgan fingerprint density at radius 1 is 1.29 bits per heavy atom. The van der Waals surface area contributed by atoms with Gasteiger partial charge >= 0.3 is 0 Å². The highest BCUT2D eigenvalue weighted by molar-refractivity contribution is 5.77. The smallest absolute Gasteiger partial charge is 0.245 e. The molecule has 14 heavy (non-hydrogen) atoms. The SMILES string of the molecule is COCC(=O)NCC1C(C)(C)C1(C)C. The Balaban J connectivity index is 2.32. The maximum atomic E-state index is 11.2. The predicted octanol–water partition coefficient (Wildman–Crippen LogP) is 1.43. The lowest BCUT2D eigenvalue weighted by molar-refractivity contribution is -0.124. The average Bonchev–Trinajstić information content (AvgIpc) is 2.41. The van der Waals surface area contributed by atoms with Crippen molar-refractivity contribution in [3.8, 4) is 0 Å². The van der Waals surface area contributed by atoms with Crippen LogP contribution in [0, 0.1) is 16.7 Å². The van der Waals surface area contributed by atoms with E-state index in [1.807, 2.05) is 0 Å². The van der Waals surface area contributed by atoms with Gasteiger partial charge in [-0.25, -0.2) is 0 Å². The molecule has 0 aromatic heterocycles. The monoisotopic (exact) mass is 199 g/mol. The summed E-state index contributed by atoms with van der Waals surface area (Å²) >= 11 is 0. The van der Waals surface area contributed by atoms with Crippen LogP contribution >= 0.6 is 0 Å². The topological polar surface area (TPSA) is 38.3 Å². The van der Waals surface area contributed by atoms with E-state index in [9.17, 15) is 4.79 Å². The van der Waals surface area contributed by atoms with Crippen LogP contribution in [0.15, 0.2) is 0 Å². The molecule has 0 bridgehead atoms. The highest BCUT2D eigenvalue weighted by Crippen LogP contribution is 2.67. The summed E-state index contributed by atoms with van der Waals surface area (Å²) in [6.45, 7) is 9.93. The van der Waals surface area contributed by atoms with Crippen molar-refractivity contribution in [3.63, 3.8) is 0 Å². The average molecular weight is 199 g/mol. The van der Waals surface area contributed by atoms with E-state index in [-0.39, 0.29) is 12.5 Å². The van der Waals surface area contributed by atoms with E-state index in [0.717, 1.165) is 6.54 Å². The van der Waals surface area contributed by atoms with Gasteiger partial charge in [-0.3, -0.25) is 4.79 Å². The predicted molar refractivity (Wildman–Crippen MR) is 55.9 cm³/mol. The third-order valence-corrected chi connectivity index (χ3v) is 4.10. The second-order valence-electron chi connectivity index (χ2n) is 5.23. The van der Waals surface area contributed by atoms with Crippen molar-refractivity contribution in [1.82, 2.24) is 5.32 Å². The zero-order chi connectivity index (χ0) is 11.0. The largest absolute Gasteiger partial charge is 0.375 e. The Labute approximate surface area is 86.2 Å². The first-order chi connectivity index (χ1) is 6.34. The number of rotatable bonds is 4. The molecule has 0 atom stereocenters. The van der Waals surface area contributed by atoms with E-state index < -0.39 is 0 Å². The lowest BCUT2D eigenvalue weighted by Gasteiger charge is -2.05. The first-order valence-electron chi connectivity index (χ1n) is 5.09. The Kier molecular flexibility index (Phi) is 2.91. The molecular formula is C11H21NO2. The fraction of sp³-hybridized carbons (Fsp3) is 0.909. The molecule has 0 aliphatic heterocycles. The lowest BCUT2D eigenvalue weighted by Crippen LogP contribution is -2.30. The highest BCUT2D eigenvalue weighted by atomic mass is 16.5. The number of hydrogen-bond acceptors (Lipinski definition) is 2. The van der Waals surface area contributed by atoms with E-state index in [1.165, 1.54) is 7.11 Å². The van der Waals surface area contributed by atoms with E-state index in [2.05, 4.69) is 33.0 Å². The molecule has 1 rings (SSSR count). The van der Waals surface area contributed by atoms with Gasteiger partial charge in [0.15, 0.2) is 0 Å². The Hall–Kier alpha value is -0.570. The van der Waals surface area contributed by atoms with Crippen molar-refractivity contribution in [1.29, 1.82) is 0 Å². The highest BCUT2D eigenvalue weighted by Gasteiger charge is 2.64. The molecule has 3 heteroatoms. The van der Waals surface area contributed by atoms with Gasteiger partial charge in [-0.2, -0.15) is 0 Å². The Morgan fingerprint density at radius 3 is 2.14 bits per heavy atom. The van der Waals surface area contributed by atoms with Gasteiger partial charge in [-0.15, -0.1) is 0 Å². The molecular weight excluding hydrogens is 178 g/mol. The minimum absolute atomic E-state index is 0.0222. The van der Waals surface area contributed by atoms with Crippen molar-refractivity contribution in [2.75, 3.05) is 20.3 Å². The van der Waals surface area contributed by atoms with Crippen molar-refractivity contribution in [2.45, 2.75) is 27.7 Å². The van der Waals surface area contributed by atoms with Crippen LogP contribution in [0.2, 0.25) is 0 Å². The third kappa shape index (κ3) is 1.78. The molecule has 0 radical (unpaired) electrons. The minimum atomic E-state index is -0.0222. The van der Waals surface area contributed by atoms with Crippen LogP contribution in [0.5, 0.6) is 0 Å². The van der Waals surface area contributed by atoms with Gasteiger partial charge in [0.05, 0.1) is 0 Å². The van der Waals surface area contributed by atoms with Gasteiger partial charge in [0.2, 0.25) is 5.91 Å². The van der Waals surface area contributed by atoms with Gasteiger partial charge < -0.3 is 10.1 Å². The summed E-state index contributed by atoms with van der Waals surface area (Å²) in [6.07, 6.45) is 0. The second kappa shape index (κ2) is 3.54. The molecule has 1 N–H and O–H groups in total. The molecule has 0 saturated heterocycles. The maximum absolute atomic E-state index is 11.2. The van der Waals surface area contributed by atoms with Crippen molar-refractivity contribution < 1.29 is 9.53 Å². The zero-order valence-corrected chi connectivity index (χ0v) is 9.81. The number of amides is 1. The quantitative estimate of drug-likeness (QED) is 0.744. The number of ether oxygens (including phenoxy) is 1. The molecule has 3 nitrogen and oxygen atoms in total. The van der Waals surface area contributed by atoms with Crippen molar-refractivity contribution >= 4 is 5.91 Å². The summed E-state index contributed by atoms with van der Waals surface area (Å²) in [5.74, 6) is 0.557. The van der Waals surface area contributed by atoms with Crippen LogP contribution in [0.1, 0.15) is 27.7 Å². The molecule has 82 valence electrons. The van der Waals surface area contributed by atoms with E-state index in [4.69, 9.17) is 4.74 Å². The number of carbonyl (C=O) groups excluding carboxylic acids is 1. The summed E-state index contributed by atoms with van der Waals surface area (Å²) < 4.78 is 4.75. The standard InChI is InChI=1S/C11H21NO2/c1-10(2)8(11(10,3)4)6-12-9(13)7-14-5/h8H,6-7H2,1-5H3,(H,12,13). The normalized spacial score (nSPS) is 23.2. The van der Waals surface area contributed by atoms with Crippen LogP contribution in [-0.4, -0.2) is 26.2 Å². The van der Waals surface area contributed by atoms with Crippen LogP contribution in [0.25, 0.3) is 0 Å². The van der Waals surface area contributed by atoms with Gasteiger partial charge in [0.25, 0.3) is 0 Å². The number of nitrogens with one attached hydrogen (secondary N) is 1. The van der Waals surface area contributed by atoms with Crippen LogP contribution < -0.4 is 5.32 Å². The number of carbonyl (C=O) groups is 1. The molecule has 0 aromatic rings. The zero-order valence-electron chi connectivity index (χ0n) is 9.81. The second-order valence-corrected chi connectivity index (χ2v) is 5.23. The Bertz CT molecular complexity index is 219. The molecule has 0 unspecified atom stereocenters. The first kappa shape index (κ1) is 11.5. The van der Waals surface area contributed by atoms with Crippen LogP contribution in [-0.2, 0) is 9.53 Å². The molecule has 1 aliphatic rings. The van der Waals surface area contributed by atoms with Crippen molar-refractivity contribution in [3.05, 3.63) is 0 Å². The van der Waals surface area contributed by atoms with Gasteiger partial charge in [0, 0.05) is 13.7 Å². The molecule has 0 aromatic carbocycles. The minimum Gasteiger partial charge on any atom is -0.375 e. The Morgan fingerprint density at radius 2 is 1.79 bits per heavy atom. The summed E-state index contributed by atoms with van der Waals surface area (Å²) in [4.78, 5) is 11.2. The summed E-state index contributed by atoms with van der Waals surface area (Å²) in [6, 6.07) is 0. The van der Waals surface area contributed by atoms with Gasteiger partial charge in [-0.1, -0.05) is 27.7 Å². The lowest BCUT2D eigenvalue weighted by atomic mass is 10.0. The van der Waals surface area contributed by atoms with Gasteiger partial charge in [-0.05, 0) is 16.7 Å². The molecule has 1 saturated carbocycles. The molecule has 1 aliphatic carbocycles.